The second kappa shape index (κ2) is 8.91. The summed E-state index contributed by atoms with van der Waals surface area (Å²) in [5.74, 6) is -0.261. The van der Waals surface area contributed by atoms with E-state index in [1.807, 2.05) is 30.3 Å². The number of piperidine rings is 1. The minimum atomic E-state index is -0.134. The number of nitrogens with zero attached hydrogens (tertiary/aromatic N) is 1. The summed E-state index contributed by atoms with van der Waals surface area (Å²) in [6, 6.07) is 12.9. The molecule has 2 aromatic carbocycles. The minimum absolute atomic E-state index is 0.127. The van der Waals surface area contributed by atoms with Gasteiger partial charge in [-0.3, -0.25) is 9.59 Å². The highest BCUT2D eigenvalue weighted by Crippen LogP contribution is 2.28. The molecule has 1 aliphatic heterocycles. The zero-order chi connectivity index (χ0) is 19.2. The fraction of sp³-hybridized carbons (Fsp3) is 0.333. The van der Waals surface area contributed by atoms with Gasteiger partial charge in [0.05, 0.1) is 11.3 Å². The first kappa shape index (κ1) is 19.2. The minimum Gasteiger partial charge on any atom is -0.371 e. The summed E-state index contributed by atoms with van der Waals surface area (Å²) in [6.45, 7) is 3.72. The van der Waals surface area contributed by atoms with Crippen LogP contribution < -0.4 is 15.5 Å². The van der Waals surface area contributed by atoms with E-state index in [2.05, 4.69) is 15.5 Å². The number of carbonyl (C=O) groups is 2. The molecule has 2 N–H and O–H groups in total. The van der Waals surface area contributed by atoms with E-state index >= 15 is 0 Å². The van der Waals surface area contributed by atoms with Gasteiger partial charge in [-0.05, 0) is 55.2 Å². The first-order valence-corrected chi connectivity index (χ1v) is 9.60. The van der Waals surface area contributed by atoms with Gasteiger partial charge in [-0.1, -0.05) is 23.7 Å². The van der Waals surface area contributed by atoms with E-state index in [1.165, 1.54) is 13.3 Å². The van der Waals surface area contributed by atoms with Crippen molar-refractivity contribution in [1.82, 2.24) is 5.32 Å². The van der Waals surface area contributed by atoms with Crippen LogP contribution in [-0.4, -0.2) is 24.9 Å². The predicted octanol–water partition coefficient (Wildman–Crippen LogP) is 4.22. The number of rotatable bonds is 5. The highest BCUT2D eigenvalue weighted by atomic mass is 35.5. The molecule has 1 heterocycles. The van der Waals surface area contributed by atoms with Crippen LogP contribution in [0.15, 0.2) is 42.5 Å². The van der Waals surface area contributed by atoms with Gasteiger partial charge in [-0.15, -0.1) is 0 Å². The van der Waals surface area contributed by atoms with E-state index in [0.717, 1.165) is 37.2 Å². The summed E-state index contributed by atoms with van der Waals surface area (Å²) in [6.07, 6.45) is 3.42. The van der Waals surface area contributed by atoms with Crippen LogP contribution in [-0.2, 0) is 11.3 Å². The third kappa shape index (κ3) is 5.23. The van der Waals surface area contributed by atoms with Gasteiger partial charge >= 0.3 is 0 Å². The van der Waals surface area contributed by atoms with Crippen LogP contribution in [0.25, 0.3) is 0 Å². The Kier molecular flexibility index (Phi) is 6.35. The van der Waals surface area contributed by atoms with Crippen molar-refractivity contribution in [2.24, 2.45) is 0 Å². The molecule has 27 heavy (non-hydrogen) atoms. The molecule has 142 valence electrons. The van der Waals surface area contributed by atoms with Gasteiger partial charge in [-0.2, -0.15) is 0 Å². The summed E-state index contributed by atoms with van der Waals surface area (Å²) >= 11 is 6.01. The molecule has 1 aliphatic rings. The molecular formula is C21H24ClN3O2. The van der Waals surface area contributed by atoms with Crippen LogP contribution in [0.3, 0.4) is 0 Å². The van der Waals surface area contributed by atoms with Crippen molar-refractivity contribution in [2.45, 2.75) is 32.7 Å². The number of amides is 2. The monoisotopic (exact) mass is 385 g/mol. The van der Waals surface area contributed by atoms with E-state index < -0.39 is 0 Å². The van der Waals surface area contributed by atoms with Crippen molar-refractivity contribution in [3.63, 3.8) is 0 Å². The second-order valence-corrected chi connectivity index (χ2v) is 7.21. The lowest BCUT2D eigenvalue weighted by atomic mass is 10.1. The van der Waals surface area contributed by atoms with Crippen molar-refractivity contribution in [3.05, 3.63) is 58.6 Å². The van der Waals surface area contributed by atoms with Crippen LogP contribution in [0.5, 0.6) is 0 Å². The maximum absolute atomic E-state index is 12.8. The molecule has 0 bridgehead atoms. The lowest BCUT2D eigenvalue weighted by Crippen LogP contribution is -2.32. The molecule has 0 radical (unpaired) electrons. The van der Waals surface area contributed by atoms with E-state index in [0.29, 0.717) is 22.8 Å². The van der Waals surface area contributed by atoms with Gasteiger partial charge in [0.2, 0.25) is 5.91 Å². The van der Waals surface area contributed by atoms with E-state index in [1.54, 1.807) is 12.1 Å². The summed E-state index contributed by atoms with van der Waals surface area (Å²) in [7, 11) is 0. The maximum Gasteiger partial charge on any atom is 0.253 e. The van der Waals surface area contributed by atoms with E-state index in [4.69, 9.17) is 11.6 Å². The van der Waals surface area contributed by atoms with Crippen molar-refractivity contribution < 1.29 is 9.59 Å². The summed E-state index contributed by atoms with van der Waals surface area (Å²) < 4.78 is 0. The molecule has 5 nitrogen and oxygen atoms in total. The highest BCUT2D eigenvalue weighted by molar-refractivity contribution is 6.30. The van der Waals surface area contributed by atoms with Crippen molar-refractivity contribution in [2.75, 3.05) is 23.3 Å². The smallest absolute Gasteiger partial charge is 0.253 e. The van der Waals surface area contributed by atoms with Crippen LogP contribution in [0.1, 0.15) is 42.1 Å². The Labute approximate surface area is 164 Å². The number of halogens is 1. The number of benzene rings is 2. The van der Waals surface area contributed by atoms with Gasteiger partial charge in [0.25, 0.3) is 5.91 Å². The molecule has 1 saturated heterocycles. The maximum atomic E-state index is 12.8. The summed E-state index contributed by atoms with van der Waals surface area (Å²) in [4.78, 5) is 26.5. The Bertz CT molecular complexity index is 832. The van der Waals surface area contributed by atoms with Gasteiger partial charge < -0.3 is 15.5 Å². The Morgan fingerprint density at radius 3 is 2.56 bits per heavy atom. The molecule has 0 aromatic heterocycles. The number of carbonyl (C=O) groups excluding carboxylic acids is 2. The zero-order valence-electron chi connectivity index (χ0n) is 15.4. The normalized spacial score (nSPS) is 13.9. The molecule has 0 saturated carbocycles. The Balaban J connectivity index is 1.81. The first-order valence-electron chi connectivity index (χ1n) is 9.22. The van der Waals surface area contributed by atoms with Gasteiger partial charge in [-0.25, -0.2) is 0 Å². The van der Waals surface area contributed by atoms with Crippen LogP contribution >= 0.6 is 11.6 Å². The third-order valence-electron chi connectivity index (χ3n) is 4.60. The number of nitrogens with one attached hydrogen (secondary N) is 2. The standard InChI is InChI=1S/C21H24ClN3O2/c1-15(26)24-18-8-9-19(20(13-18)25-10-3-2-4-11-25)21(27)23-14-16-6-5-7-17(22)12-16/h5-9,12-13H,2-4,10-11,14H2,1H3,(H,23,27)(H,24,26). The lowest BCUT2D eigenvalue weighted by Gasteiger charge is -2.30. The average Bonchev–Trinajstić information content (AvgIpc) is 2.66. The fourth-order valence-corrected chi connectivity index (χ4v) is 3.54. The molecule has 1 fully saturated rings. The molecular weight excluding hydrogens is 362 g/mol. The molecule has 0 spiro atoms. The van der Waals surface area contributed by atoms with Gasteiger partial charge in [0, 0.05) is 37.3 Å². The fourth-order valence-electron chi connectivity index (χ4n) is 3.33. The largest absolute Gasteiger partial charge is 0.371 e. The molecule has 2 aromatic rings. The number of hydrogen-bond acceptors (Lipinski definition) is 3. The Hall–Kier alpha value is -2.53. The van der Waals surface area contributed by atoms with Gasteiger partial charge in [0.15, 0.2) is 0 Å². The summed E-state index contributed by atoms with van der Waals surface area (Å²) in [5.41, 5.74) is 3.14. The Morgan fingerprint density at radius 1 is 1.07 bits per heavy atom. The lowest BCUT2D eigenvalue weighted by molar-refractivity contribution is -0.114. The van der Waals surface area contributed by atoms with Gasteiger partial charge in [0.1, 0.15) is 0 Å². The summed E-state index contributed by atoms with van der Waals surface area (Å²) in [5, 5.41) is 6.42. The van der Waals surface area contributed by atoms with Crippen LogP contribution in [0.2, 0.25) is 5.02 Å². The molecule has 2 amide bonds. The second-order valence-electron chi connectivity index (χ2n) is 6.77. The molecule has 0 unspecified atom stereocenters. The van der Waals surface area contributed by atoms with Crippen molar-refractivity contribution >= 4 is 34.8 Å². The SMILES string of the molecule is CC(=O)Nc1ccc(C(=O)NCc2cccc(Cl)c2)c(N2CCCCC2)c1. The molecule has 0 atom stereocenters. The van der Waals surface area contributed by atoms with Crippen LogP contribution in [0.4, 0.5) is 11.4 Å². The molecule has 3 rings (SSSR count). The van der Waals surface area contributed by atoms with Crippen molar-refractivity contribution in [1.29, 1.82) is 0 Å². The van der Waals surface area contributed by atoms with Crippen LogP contribution in [0, 0.1) is 0 Å². The van der Waals surface area contributed by atoms with E-state index in [-0.39, 0.29) is 11.8 Å². The van der Waals surface area contributed by atoms with E-state index in [9.17, 15) is 9.59 Å². The number of hydrogen-bond donors (Lipinski definition) is 2. The number of anilines is 2. The molecule has 0 aliphatic carbocycles. The van der Waals surface area contributed by atoms with Crippen molar-refractivity contribution in [3.8, 4) is 0 Å². The average molecular weight is 386 g/mol. The predicted molar refractivity (Wildman–Crippen MR) is 109 cm³/mol. The zero-order valence-corrected chi connectivity index (χ0v) is 16.2. The molecule has 6 heteroatoms. The third-order valence-corrected chi connectivity index (χ3v) is 4.84. The topological polar surface area (TPSA) is 61.4 Å². The highest BCUT2D eigenvalue weighted by Gasteiger charge is 2.19. The quantitative estimate of drug-likeness (QED) is 0.810. The first-order chi connectivity index (χ1) is 13.0. The Morgan fingerprint density at radius 2 is 1.85 bits per heavy atom.